The monoisotopic (exact) mass is 138 g/mol. The standard InChI is InChI=1S/C9H14O/c1-5-6(2)8-4-3-7(5)9(8)10/h5-8H,3-4H2,1-2H3/t5-,6+,7-,8+. The minimum Gasteiger partial charge on any atom is -0.299 e. The second-order valence-electron chi connectivity index (χ2n) is 3.91. The molecule has 0 aromatic heterocycles. The van der Waals surface area contributed by atoms with Crippen LogP contribution in [-0.4, -0.2) is 5.78 Å². The lowest BCUT2D eigenvalue weighted by atomic mass is 9.82. The van der Waals surface area contributed by atoms with E-state index in [0.717, 1.165) is 0 Å². The zero-order valence-electron chi connectivity index (χ0n) is 6.63. The second-order valence-corrected chi connectivity index (χ2v) is 3.91. The molecule has 0 unspecified atom stereocenters. The Balaban J connectivity index is 2.29. The van der Waals surface area contributed by atoms with E-state index in [9.17, 15) is 4.79 Å². The van der Waals surface area contributed by atoms with Crippen LogP contribution in [0.25, 0.3) is 0 Å². The van der Waals surface area contributed by atoms with Crippen LogP contribution in [0.15, 0.2) is 0 Å². The zero-order chi connectivity index (χ0) is 7.30. The van der Waals surface area contributed by atoms with Gasteiger partial charge in [-0.25, -0.2) is 0 Å². The largest absolute Gasteiger partial charge is 0.299 e. The van der Waals surface area contributed by atoms with Crippen LogP contribution in [0, 0.1) is 23.7 Å². The summed E-state index contributed by atoms with van der Waals surface area (Å²) in [5.41, 5.74) is 0. The van der Waals surface area contributed by atoms with Gasteiger partial charge in [-0.1, -0.05) is 13.8 Å². The Bertz CT molecular complexity index is 156. The smallest absolute Gasteiger partial charge is 0.139 e. The van der Waals surface area contributed by atoms with Gasteiger partial charge < -0.3 is 0 Å². The highest BCUT2D eigenvalue weighted by Crippen LogP contribution is 2.48. The number of ketones is 1. The first-order valence-corrected chi connectivity index (χ1v) is 4.25. The Morgan fingerprint density at radius 1 is 1.10 bits per heavy atom. The summed E-state index contributed by atoms with van der Waals surface area (Å²) in [5, 5.41) is 0. The first-order valence-electron chi connectivity index (χ1n) is 4.25. The maximum absolute atomic E-state index is 11.4. The summed E-state index contributed by atoms with van der Waals surface area (Å²) >= 11 is 0. The summed E-state index contributed by atoms with van der Waals surface area (Å²) in [4.78, 5) is 11.4. The minimum atomic E-state index is 0.444. The van der Waals surface area contributed by atoms with Gasteiger partial charge in [-0.05, 0) is 24.7 Å². The molecule has 0 heterocycles. The molecule has 56 valence electrons. The van der Waals surface area contributed by atoms with E-state index in [4.69, 9.17) is 0 Å². The van der Waals surface area contributed by atoms with Crippen molar-refractivity contribution in [2.75, 3.05) is 0 Å². The van der Waals surface area contributed by atoms with Crippen molar-refractivity contribution >= 4 is 5.78 Å². The lowest BCUT2D eigenvalue weighted by Crippen LogP contribution is -2.15. The van der Waals surface area contributed by atoms with Gasteiger partial charge in [-0.3, -0.25) is 4.79 Å². The van der Waals surface area contributed by atoms with E-state index >= 15 is 0 Å². The van der Waals surface area contributed by atoms with Crippen LogP contribution >= 0.6 is 0 Å². The molecular weight excluding hydrogens is 124 g/mol. The molecule has 2 bridgehead atoms. The number of carbonyl (C=O) groups is 1. The molecule has 0 radical (unpaired) electrons. The molecule has 0 amide bonds. The molecule has 2 aliphatic carbocycles. The summed E-state index contributed by atoms with van der Waals surface area (Å²) < 4.78 is 0. The fraction of sp³-hybridized carbons (Fsp3) is 0.889. The third-order valence-corrected chi connectivity index (χ3v) is 3.62. The van der Waals surface area contributed by atoms with E-state index in [1.165, 1.54) is 12.8 Å². The van der Waals surface area contributed by atoms with Crippen molar-refractivity contribution in [3.8, 4) is 0 Å². The quantitative estimate of drug-likeness (QED) is 0.499. The van der Waals surface area contributed by atoms with Gasteiger partial charge in [0.05, 0.1) is 0 Å². The van der Waals surface area contributed by atoms with Gasteiger partial charge in [0.15, 0.2) is 0 Å². The van der Waals surface area contributed by atoms with Crippen LogP contribution in [0.1, 0.15) is 26.7 Å². The van der Waals surface area contributed by atoms with Crippen molar-refractivity contribution in [3.05, 3.63) is 0 Å². The van der Waals surface area contributed by atoms with Gasteiger partial charge in [0, 0.05) is 11.8 Å². The summed E-state index contributed by atoms with van der Waals surface area (Å²) in [6, 6.07) is 0. The highest BCUT2D eigenvalue weighted by atomic mass is 16.1. The highest BCUT2D eigenvalue weighted by Gasteiger charge is 2.49. The highest BCUT2D eigenvalue weighted by molar-refractivity contribution is 5.88. The molecule has 0 saturated heterocycles. The van der Waals surface area contributed by atoms with Crippen LogP contribution in [0.5, 0.6) is 0 Å². The molecule has 2 fully saturated rings. The van der Waals surface area contributed by atoms with E-state index < -0.39 is 0 Å². The van der Waals surface area contributed by atoms with Crippen molar-refractivity contribution in [3.63, 3.8) is 0 Å². The number of hydrogen-bond acceptors (Lipinski definition) is 1. The Kier molecular flexibility index (Phi) is 1.17. The van der Waals surface area contributed by atoms with Crippen molar-refractivity contribution in [2.24, 2.45) is 23.7 Å². The van der Waals surface area contributed by atoms with Crippen molar-refractivity contribution < 1.29 is 4.79 Å². The normalized spacial score (nSPS) is 52.4. The Morgan fingerprint density at radius 3 is 1.70 bits per heavy atom. The number of Topliss-reactive ketones (excluding diaryl/α,β-unsaturated/α-hetero) is 1. The minimum absolute atomic E-state index is 0.444. The van der Waals surface area contributed by atoms with Crippen LogP contribution in [0.4, 0.5) is 0 Å². The molecule has 0 N–H and O–H groups in total. The van der Waals surface area contributed by atoms with E-state index in [1.54, 1.807) is 0 Å². The molecule has 10 heavy (non-hydrogen) atoms. The van der Waals surface area contributed by atoms with Gasteiger partial charge in [-0.15, -0.1) is 0 Å². The molecule has 4 atom stereocenters. The molecule has 1 nitrogen and oxygen atoms in total. The van der Waals surface area contributed by atoms with Crippen molar-refractivity contribution in [2.45, 2.75) is 26.7 Å². The van der Waals surface area contributed by atoms with Gasteiger partial charge in [0.2, 0.25) is 0 Å². The zero-order valence-corrected chi connectivity index (χ0v) is 6.63. The van der Waals surface area contributed by atoms with E-state index in [1.807, 2.05) is 0 Å². The van der Waals surface area contributed by atoms with E-state index in [0.29, 0.717) is 29.5 Å². The van der Waals surface area contributed by atoms with Crippen molar-refractivity contribution in [1.82, 2.24) is 0 Å². The van der Waals surface area contributed by atoms with Crippen LogP contribution in [0.3, 0.4) is 0 Å². The van der Waals surface area contributed by atoms with E-state index in [-0.39, 0.29) is 0 Å². The molecule has 2 rings (SSSR count). The molecule has 2 aliphatic rings. The molecule has 0 aliphatic heterocycles. The molecule has 2 saturated carbocycles. The molecule has 0 aromatic carbocycles. The topological polar surface area (TPSA) is 17.1 Å². The molecule has 0 aromatic rings. The van der Waals surface area contributed by atoms with Gasteiger partial charge in [-0.2, -0.15) is 0 Å². The summed E-state index contributed by atoms with van der Waals surface area (Å²) in [5.74, 6) is 2.80. The van der Waals surface area contributed by atoms with Crippen LogP contribution in [-0.2, 0) is 4.79 Å². The molecule has 1 heteroatoms. The first kappa shape index (κ1) is 6.38. The van der Waals surface area contributed by atoms with Gasteiger partial charge in [0.25, 0.3) is 0 Å². The second kappa shape index (κ2) is 1.84. The fourth-order valence-corrected chi connectivity index (χ4v) is 2.70. The average molecular weight is 138 g/mol. The Hall–Kier alpha value is -0.330. The predicted octanol–water partition coefficient (Wildman–Crippen LogP) is 1.87. The summed E-state index contributed by atoms with van der Waals surface area (Å²) in [6.07, 6.45) is 2.35. The average Bonchev–Trinajstić information content (AvgIpc) is 2.34. The fourth-order valence-electron chi connectivity index (χ4n) is 2.70. The third-order valence-electron chi connectivity index (χ3n) is 3.62. The third kappa shape index (κ3) is 0.561. The van der Waals surface area contributed by atoms with E-state index in [2.05, 4.69) is 13.8 Å². The Morgan fingerprint density at radius 2 is 1.50 bits per heavy atom. The van der Waals surface area contributed by atoms with Crippen LogP contribution < -0.4 is 0 Å². The predicted molar refractivity (Wildman–Crippen MR) is 39.5 cm³/mol. The molecule has 0 spiro atoms. The van der Waals surface area contributed by atoms with Crippen LogP contribution in [0.2, 0.25) is 0 Å². The number of fused-ring (bicyclic) bond motifs is 2. The summed E-state index contributed by atoms with van der Waals surface area (Å²) in [7, 11) is 0. The number of hydrogen-bond donors (Lipinski definition) is 0. The van der Waals surface area contributed by atoms with Crippen molar-refractivity contribution in [1.29, 1.82) is 0 Å². The SMILES string of the molecule is C[C@@H]1[C@H](C)[C@@H]2CC[C@H]1C2=O. The number of rotatable bonds is 0. The summed E-state index contributed by atoms with van der Waals surface area (Å²) in [6.45, 7) is 4.46. The maximum Gasteiger partial charge on any atom is 0.139 e. The lowest BCUT2D eigenvalue weighted by molar-refractivity contribution is -0.121. The molecular formula is C9H14O. The first-order chi connectivity index (χ1) is 4.72. The van der Waals surface area contributed by atoms with Gasteiger partial charge >= 0.3 is 0 Å². The maximum atomic E-state index is 11.4. The Labute approximate surface area is 61.8 Å². The van der Waals surface area contributed by atoms with Gasteiger partial charge in [0.1, 0.15) is 5.78 Å². The number of carbonyl (C=O) groups excluding carboxylic acids is 1. The lowest BCUT2D eigenvalue weighted by Gasteiger charge is -2.22.